The van der Waals surface area contributed by atoms with E-state index in [1.54, 1.807) is 0 Å². The fourth-order valence-electron chi connectivity index (χ4n) is 2.72. The first-order valence-corrected chi connectivity index (χ1v) is 7.19. The average Bonchev–Trinajstić information content (AvgIpc) is 2.78. The van der Waals surface area contributed by atoms with Crippen LogP contribution in [0.25, 0.3) is 0 Å². The Bertz CT molecular complexity index is 348. The maximum atomic E-state index is 11.7. The first kappa shape index (κ1) is 15.9. The fraction of sp³-hybridized carbons (Fsp3) is 0.800. The highest BCUT2D eigenvalue weighted by atomic mass is 16.5. The van der Waals surface area contributed by atoms with Gasteiger partial charge in [-0.2, -0.15) is 0 Å². The Morgan fingerprint density at radius 3 is 2.32 bits per heavy atom. The molecule has 1 saturated carbocycles. The van der Waals surface area contributed by atoms with E-state index in [2.05, 4.69) is 6.92 Å². The van der Waals surface area contributed by atoms with Gasteiger partial charge in [-0.15, -0.1) is 0 Å². The minimum Gasteiger partial charge on any atom is -0.462 e. The molecule has 4 heteroatoms. The Hall–Kier alpha value is -1.19. The van der Waals surface area contributed by atoms with Gasteiger partial charge in [-0.3, -0.25) is 9.59 Å². The molecule has 19 heavy (non-hydrogen) atoms. The molecule has 0 aromatic rings. The predicted molar refractivity (Wildman–Crippen MR) is 71.6 cm³/mol. The van der Waals surface area contributed by atoms with E-state index in [1.807, 2.05) is 6.92 Å². The molecular formula is C15H24O4. The van der Waals surface area contributed by atoms with Gasteiger partial charge in [-0.05, 0) is 32.1 Å². The van der Waals surface area contributed by atoms with Gasteiger partial charge in [0, 0.05) is 18.8 Å². The zero-order chi connectivity index (χ0) is 14.4. The fourth-order valence-corrected chi connectivity index (χ4v) is 2.72. The van der Waals surface area contributed by atoms with Gasteiger partial charge in [0.2, 0.25) is 0 Å². The zero-order valence-electron chi connectivity index (χ0n) is 12.1. The molecule has 1 aliphatic carbocycles. The molecule has 0 heterocycles. The Balaban J connectivity index is 2.49. The first-order valence-electron chi connectivity index (χ1n) is 7.19. The summed E-state index contributed by atoms with van der Waals surface area (Å²) in [6.45, 7) is 5.39. The molecule has 1 aliphatic rings. The molecule has 0 radical (unpaired) electrons. The third kappa shape index (κ3) is 4.77. The van der Waals surface area contributed by atoms with Crippen LogP contribution in [0.4, 0.5) is 0 Å². The summed E-state index contributed by atoms with van der Waals surface area (Å²) in [4.78, 5) is 34.2. The van der Waals surface area contributed by atoms with Crippen LogP contribution in [0.1, 0.15) is 59.3 Å². The number of ether oxygens (including phenoxy) is 1. The second-order valence-electron chi connectivity index (χ2n) is 5.39. The SMILES string of the molecule is CCC(=O)C1C[C@@H](CC)[C@@H](OC(=O)CCC(C)=O)C1. The third-order valence-electron chi connectivity index (χ3n) is 3.92. The van der Waals surface area contributed by atoms with Crippen LogP contribution in [0, 0.1) is 11.8 Å². The van der Waals surface area contributed by atoms with Gasteiger partial charge < -0.3 is 9.53 Å². The van der Waals surface area contributed by atoms with Crippen LogP contribution in [0.2, 0.25) is 0 Å². The largest absolute Gasteiger partial charge is 0.462 e. The second-order valence-corrected chi connectivity index (χ2v) is 5.39. The molecule has 0 spiro atoms. The molecule has 0 aromatic carbocycles. The number of hydrogen-bond donors (Lipinski definition) is 0. The van der Waals surface area contributed by atoms with Crippen LogP contribution in [-0.4, -0.2) is 23.6 Å². The monoisotopic (exact) mass is 268 g/mol. The quantitative estimate of drug-likeness (QED) is 0.666. The highest BCUT2D eigenvalue weighted by molar-refractivity contribution is 5.82. The van der Waals surface area contributed by atoms with Crippen molar-refractivity contribution in [3.63, 3.8) is 0 Å². The van der Waals surface area contributed by atoms with Crippen molar-refractivity contribution in [1.29, 1.82) is 0 Å². The number of carbonyl (C=O) groups is 3. The van der Waals surface area contributed by atoms with Crippen LogP contribution < -0.4 is 0 Å². The molecular weight excluding hydrogens is 244 g/mol. The lowest BCUT2D eigenvalue weighted by Crippen LogP contribution is -2.22. The predicted octanol–water partition coefficient (Wildman–Crippen LogP) is 2.68. The van der Waals surface area contributed by atoms with Crippen LogP contribution in [0.15, 0.2) is 0 Å². The first-order chi connectivity index (χ1) is 8.97. The van der Waals surface area contributed by atoms with Crippen LogP contribution in [0.5, 0.6) is 0 Å². The summed E-state index contributed by atoms with van der Waals surface area (Å²) >= 11 is 0. The van der Waals surface area contributed by atoms with Crippen molar-refractivity contribution in [1.82, 2.24) is 0 Å². The van der Waals surface area contributed by atoms with E-state index in [9.17, 15) is 14.4 Å². The summed E-state index contributed by atoms with van der Waals surface area (Å²) in [5.74, 6) is 0.265. The number of ketones is 2. The summed E-state index contributed by atoms with van der Waals surface area (Å²) in [5, 5.41) is 0. The van der Waals surface area contributed by atoms with Crippen molar-refractivity contribution in [2.45, 2.75) is 65.4 Å². The summed E-state index contributed by atoms with van der Waals surface area (Å²) in [7, 11) is 0. The lowest BCUT2D eigenvalue weighted by molar-refractivity contribution is -0.152. The van der Waals surface area contributed by atoms with Gasteiger partial charge >= 0.3 is 5.97 Å². The average molecular weight is 268 g/mol. The van der Waals surface area contributed by atoms with E-state index < -0.39 is 0 Å². The summed E-state index contributed by atoms with van der Waals surface area (Å²) in [5.41, 5.74) is 0. The maximum absolute atomic E-state index is 11.7. The van der Waals surface area contributed by atoms with E-state index >= 15 is 0 Å². The number of hydrogen-bond acceptors (Lipinski definition) is 4. The van der Waals surface area contributed by atoms with Crippen molar-refractivity contribution in [2.75, 3.05) is 0 Å². The zero-order valence-corrected chi connectivity index (χ0v) is 12.1. The molecule has 108 valence electrons. The van der Waals surface area contributed by atoms with Crippen LogP contribution >= 0.6 is 0 Å². The van der Waals surface area contributed by atoms with Gasteiger partial charge in [0.1, 0.15) is 17.7 Å². The highest BCUT2D eigenvalue weighted by Crippen LogP contribution is 2.36. The van der Waals surface area contributed by atoms with E-state index in [0.29, 0.717) is 12.8 Å². The van der Waals surface area contributed by atoms with E-state index in [0.717, 1.165) is 12.8 Å². The topological polar surface area (TPSA) is 60.4 Å². The molecule has 0 N–H and O–H groups in total. The Morgan fingerprint density at radius 1 is 1.11 bits per heavy atom. The molecule has 0 saturated heterocycles. The molecule has 1 unspecified atom stereocenters. The Morgan fingerprint density at radius 2 is 1.79 bits per heavy atom. The Labute approximate surface area is 114 Å². The van der Waals surface area contributed by atoms with Crippen molar-refractivity contribution in [3.8, 4) is 0 Å². The molecule has 1 fully saturated rings. The third-order valence-corrected chi connectivity index (χ3v) is 3.92. The maximum Gasteiger partial charge on any atom is 0.306 e. The highest BCUT2D eigenvalue weighted by Gasteiger charge is 2.38. The minimum absolute atomic E-state index is 0.00514. The minimum atomic E-state index is -0.316. The van der Waals surface area contributed by atoms with Gasteiger partial charge in [-0.1, -0.05) is 13.8 Å². The summed E-state index contributed by atoms with van der Waals surface area (Å²) < 4.78 is 5.45. The van der Waals surface area contributed by atoms with Crippen molar-refractivity contribution >= 4 is 17.5 Å². The van der Waals surface area contributed by atoms with Crippen molar-refractivity contribution in [2.24, 2.45) is 11.8 Å². The van der Waals surface area contributed by atoms with E-state index in [1.165, 1.54) is 6.92 Å². The van der Waals surface area contributed by atoms with Crippen LogP contribution in [0.3, 0.4) is 0 Å². The number of Topliss-reactive ketones (excluding diaryl/α,β-unsaturated/α-hetero) is 2. The van der Waals surface area contributed by atoms with Gasteiger partial charge in [-0.25, -0.2) is 0 Å². The van der Waals surface area contributed by atoms with Gasteiger partial charge in [0.05, 0.1) is 6.42 Å². The second kappa shape index (κ2) is 7.41. The Kier molecular flexibility index (Phi) is 6.19. The molecule has 0 aliphatic heterocycles. The lowest BCUT2D eigenvalue weighted by atomic mass is 9.98. The van der Waals surface area contributed by atoms with Crippen molar-refractivity contribution < 1.29 is 19.1 Å². The molecule has 1 rings (SSSR count). The lowest BCUT2D eigenvalue weighted by Gasteiger charge is -2.18. The van der Waals surface area contributed by atoms with Gasteiger partial charge in [0.15, 0.2) is 0 Å². The molecule has 4 nitrogen and oxygen atoms in total. The summed E-state index contributed by atoms with van der Waals surface area (Å²) in [6, 6.07) is 0. The molecule has 3 atom stereocenters. The van der Waals surface area contributed by atoms with Crippen molar-refractivity contribution in [3.05, 3.63) is 0 Å². The standard InChI is InChI=1S/C15H24O4/c1-4-11-8-12(13(17)5-2)9-14(11)19-15(18)7-6-10(3)16/h11-12,14H,4-9H2,1-3H3/t11-,12?,14+/m1/s1. The number of esters is 1. The molecule has 0 amide bonds. The smallest absolute Gasteiger partial charge is 0.306 e. The van der Waals surface area contributed by atoms with E-state index in [4.69, 9.17) is 4.74 Å². The number of carbonyl (C=O) groups excluding carboxylic acids is 3. The summed E-state index contributed by atoms with van der Waals surface area (Å²) in [6.07, 6.45) is 3.17. The van der Waals surface area contributed by atoms with E-state index in [-0.39, 0.29) is 48.3 Å². The molecule has 0 aromatic heterocycles. The molecule has 0 bridgehead atoms. The van der Waals surface area contributed by atoms with Crippen LogP contribution in [-0.2, 0) is 19.1 Å². The number of rotatable bonds is 7. The normalized spacial score (nSPS) is 26.2. The van der Waals surface area contributed by atoms with Gasteiger partial charge in [0.25, 0.3) is 0 Å².